The van der Waals surface area contributed by atoms with E-state index < -0.39 is 0 Å². The Morgan fingerprint density at radius 3 is 2.20 bits per heavy atom. The molecule has 0 radical (unpaired) electrons. The van der Waals surface area contributed by atoms with Gasteiger partial charge in [-0.05, 0) is 48.4 Å². The maximum Gasteiger partial charge on any atom is 0.119 e. The zero-order chi connectivity index (χ0) is 14.4. The quantitative estimate of drug-likeness (QED) is 0.747. The number of anilines is 1. The van der Waals surface area contributed by atoms with Crippen LogP contribution in [0.4, 0.5) is 5.69 Å². The van der Waals surface area contributed by atoms with Crippen LogP contribution in [-0.2, 0) is 6.54 Å². The molecule has 0 spiro atoms. The summed E-state index contributed by atoms with van der Waals surface area (Å²) in [4.78, 5) is 2.39. The Morgan fingerprint density at radius 1 is 1.00 bits per heavy atom. The van der Waals surface area contributed by atoms with Crippen molar-refractivity contribution in [2.45, 2.75) is 19.9 Å². The average Bonchev–Trinajstić information content (AvgIpc) is 2.49. The van der Waals surface area contributed by atoms with Crippen molar-refractivity contribution in [1.82, 2.24) is 0 Å². The van der Waals surface area contributed by atoms with E-state index in [1.54, 1.807) is 7.11 Å². The molecule has 0 N–H and O–H groups in total. The fourth-order valence-corrected chi connectivity index (χ4v) is 2.44. The van der Waals surface area contributed by atoms with Crippen LogP contribution in [0.25, 0.3) is 0 Å². The molecular formula is C17H20BrNO. The number of methoxy groups -OCH3 is 1. The van der Waals surface area contributed by atoms with Crippen LogP contribution in [-0.4, -0.2) is 13.7 Å². The van der Waals surface area contributed by atoms with Crippen molar-refractivity contribution in [3.8, 4) is 5.75 Å². The van der Waals surface area contributed by atoms with Gasteiger partial charge in [-0.2, -0.15) is 0 Å². The van der Waals surface area contributed by atoms with Crippen molar-refractivity contribution in [3.63, 3.8) is 0 Å². The van der Waals surface area contributed by atoms with Gasteiger partial charge in [-0.1, -0.05) is 35.0 Å². The minimum atomic E-state index is 0.897. The minimum Gasteiger partial charge on any atom is -0.497 e. The largest absolute Gasteiger partial charge is 0.497 e. The van der Waals surface area contributed by atoms with E-state index in [2.05, 4.69) is 64.2 Å². The molecule has 2 nitrogen and oxygen atoms in total. The molecule has 0 aliphatic heterocycles. The second kappa shape index (κ2) is 7.34. The molecule has 2 rings (SSSR count). The van der Waals surface area contributed by atoms with Crippen molar-refractivity contribution in [1.29, 1.82) is 0 Å². The lowest BCUT2D eigenvalue weighted by Crippen LogP contribution is -2.23. The van der Waals surface area contributed by atoms with E-state index in [1.165, 1.54) is 11.3 Å². The Balaban J connectivity index is 2.14. The van der Waals surface area contributed by atoms with Crippen LogP contribution in [0.5, 0.6) is 5.75 Å². The third kappa shape index (κ3) is 4.01. The molecule has 0 saturated heterocycles. The number of nitrogens with zero attached hydrogens (tertiary/aromatic N) is 1. The van der Waals surface area contributed by atoms with Gasteiger partial charge in [-0.15, -0.1) is 0 Å². The first kappa shape index (κ1) is 14.9. The first-order valence-corrected chi connectivity index (χ1v) is 7.65. The normalized spacial score (nSPS) is 10.3. The molecule has 2 aromatic rings. The van der Waals surface area contributed by atoms with Crippen LogP contribution in [0.15, 0.2) is 53.0 Å². The highest BCUT2D eigenvalue weighted by Gasteiger charge is 2.07. The first-order chi connectivity index (χ1) is 9.72. The molecule has 0 amide bonds. The topological polar surface area (TPSA) is 12.5 Å². The Labute approximate surface area is 129 Å². The number of hydrogen-bond donors (Lipinski definition) is 0. The summed E-state index contributed by atoms with van der Waals surface area (Å²) in [5, 5.41) is 0. The number of ether oxygens (including phenoxy) is 1. The summed E-state index contributed by atoms with van der Waals surface area (Å²) in [6, 6.07) is 16.8. The van der Waals surface area contributed by atoms with Gasteiger partial charge in [0, 0.05) is 23.2 Å². The summed E-state index contributed by atoms with van der Waals surface area (Å²) in [7, 11) is 1.70. The van der Waals surface area contributed by atoms with Crippen LogP contribution < -0.4 is 9.64 Å². The highest BCUT2D eigenvalue weighted by Crippen LogP contribution is 2.22. The van der Waals surface area contributed by atoms with E-state index in [9.17, 15) is 0 Å². The summed E-state index contributed by atoms with van der Waals surface area (Å²) in [6.45, 7) is 4.17. The number of rotatable bonds is 6. The molecule has 0 saturated carbocycles. The Kier molecular flexibility index (Phi) is 5.48. The van der Waals surface area contributed by atoms with Gasteiger partial charge in [0.1, 0.15) is 5.75 Å². The molecular weight excluding hydrogens is 314 g/mol. The van der Waals surface area contributed by atoms with E-state index in [4.69, 9.17) is 4.74 Å². The maximum atomic E-state index is 5.22. The van der Waals surface area contributed by atoms with Crippen molar-refractivity contribution in [2.24, 2.45) is 0 Å². The second-order valence-electron chi connectivity index (χ2n) is 4.75. The number of halogens is 1. The maximum absolute atomic E-state index is 5.22. The number of hydrogen-bond acceptors (Lipinski definition) is 2. The summed E-state index contributed by atoms with van der Waals surface area (Å²) in [5.41, 5.74) is 2.55. The van der Waals surface area contributed by atoms with Crippen molar-refractivity contribution < 1.29 is 4.74 Å². The molecule has 106 valence electrons. The average molecular weight is 334 g/mol. The summed E-state index contributed by atoms with van der Waals surface area (Å²) >= 11 is 3.48. The van der Waals surface area contributed by atoms with Crippen LogP contribution >= 0.6 is 15.9 Å². The zero-order valence-electron chi connectivity index (χ0n) is 12.0. The highest BCUT2D eigenvalue weighted by atomic mass is 79.9. The second-order valence-corrected chi connectivity index (χ2v) is 5.66. The fraction of sp³-hybridized carbons (Fsp3) is 0.294. The molecule has 0 aliphatic carbocycles. The van der Waals surface area contributed by atoms with Gasteiger partial charge < -0.3 is 9.64 Å². The molecule has 20 heavy (non-hydrogen) atoms. The van der Waals surface area contributed by atoms with Gasteiger partial charge in [0.2, 0.25) is 0 Å². The van der Waals surface area contributed by atoms with Gasteiger partial charge in [0.05, 0.1) is 7.11 Å². The zero-order valence-corrected chi connectivity index (χ0v) is 13.6. The molecule has 0 aliphatic rings. The lowest BCUT2D eigenvalue weighted by atomic mass is 10.2. The Hall–Kier alpha value is -1.48. The molecule has 3 heteroatoms. The van der Waals surface area contributed by atoms with Gasteiger partial charge >= 0.3 is 0 Å². The highest BCUT2D eigenvalue weighted by molar-refractivity contribution is 9.10. The van der Waals surface area contributed by atoms with Crippen LogP contribution in [0.3, 0.4) is 0 Å². The van der Waals surface area contributed by atoms with Gasteiger partial charge in [0.25, 0.3) is 0 Å². The smallest absolute Gasteiger partial charge is 0.119 e. The fourth-order valence-electron chi connectivity index (χ4n) is 2.17. The van der Waals surface area contributed by atoms with Crippen LogP contribution in [0, 0.1) is 0 Å². The molecule has 0 aromatic heterocycles. The standard InChI is InChI=1S/C17H20BrNO/c1-3-12-19(13-14-4-6-15(18)7-5-14)16-8-10-17(20-2)11-9-16/h4-11H,3,12-13H2,1-2H3. The minimum absolute atomic E-state index is 0.897. The third-order valence-electron chi connectivity index (χ3n) is 3.22. The lowest BCUT2D eigenvalue weighted by molar-refractivity contribution is 0.415. The first-order valence-electron chi connectivity index (χ1n) is 6.86. The molecule has 0 unspecified atom stereocenters. The third-order valence-corrected chi connectivity index (χ3v) is 3.75. The Morgan fingerprint density at radius 2 is 1.65 bits per heavy atom. The predicted octanol–water partition coefficient (Wildman–Crippen LogP) is 4.87. The van der Waals surface area contributed by atoms with Crippen LogP contribution in [0.1, 0.15) is 18.9 Å². The lowest BCUT2D eigenvalue weighted by Gasteiger charge is -2.24. The molecule has 0 bridgehead atoms. The van der Waals surface area contributed by atoms with Crippen LogP contribution in [0.2, 0.25) is 0 Å². The summed E-state index contributed by atoms with van der Waals surface area (Å²) < 4.78 is 6.33. The monoisotopic (exact) mass is 333 g/mol. The van der Waals surface area contributed by atoms with Gasteiger partial charge in [-0.3, -0.25) is 0 Å². The molecule has 0 heterocycles. The van der Waals surface area contributed by atoms with Gasteiger partial charge in [-0.25, -0.2) is 0 Å². The van der Waals surface area contributed by atoms with E-state index in [1.807, 2.05) is 12.1 Å². The predicted molar refractivity (Wildman–Crippen MR) is 88.5 cm³/mol. The van der Waals surface area contributed by atoms with Gasteiger partial charge in [0.15, 0.2) is 0 Å². The Bertz CT molecular complexity index is 522. The van der Waals surface area contributed by atoms with Crippen molar-refractivity contribution in [2.75, 3.05) is 18.6 Å². The van der Waals surface area contributed by atoms with Crippen molar-refractivity contribution >= 4 is 21.6 Å². The van der Waals surface area contributed by atoms with Crippen molar-refractivity contribution in [3.05, 3.63) is 58.6 Å². The van der Waals surface area contributed by atoms with E-state index in [0.29, 0.717) is 0 Å². The summed E-state index contributed by atoms with van der Waals surface area (Å²) in [6.07, 6.45) is 1.13. The molecule has 0 atom stereocenters. The summed E-state index contributed by atoms with van der Waals surface area (Å²) in [5.74, 6) is 0.897. The van der Waals surface area contributed by atoms with E-state index >= 15 is 0 Å². The van der Waals surface area contributed by atoms with E-state index in [0.717, 1.165) is 29.7 Å². The van der Waals surface area contributed by atoms with E-state index in [-0.39, 0.29) is 0 Å². The molecule has 2 aromatic carbocycles. The molecule has 0 fully saturated rings. The SMILES string of the molecule is CCCN(Cc1ccc(Br)cc1)c1ccc(OC)cc1. The number of benzene rings is 2.